The van der Waals surface area contributed by atoms with Gasteiger partial charge in [0.05, 0.1) is 6.61 Å². The van der Waals surface area contributed by atoms with Crippen LogP contribution < -0.4 is 20.7 Å². The Kier molecular flexibility index (Phi) is 5.22. The molecule has 0 saturated carbocycles. The molecule has 0 radical (unpaired) electrons. The molecule has 1 aromatic heterocycles. The highest BCUT2D eigenvalue weighted by atomic mass is 32.2. The van der Waals surface area contributed by atoms with Crippen molar-refractivity contribution in [1.82, 2.24) is 9.97 Å². The fourth-order valence-electron chi connectivity index (χ4n) is 1.76. The molecule has 0 saturated heterocycles. The van der Waals surface area contributed by atoms with Crippen LogP contribution in [0.2, 0.25) is 0 Å². The van der Waals surface area contributed by atoms with Gasteiger partial charge in [0.15, 0.2) is 4.90 Å². The van der Waals surface area contributed by atoms with Crippen molar-refractivity contribution in [3.8, 4) is 5.75 Å². The normalized spacial score (nSPS) is 11.2. The van der Waals surface area contributed by atoms with Gasteiger partial charge in [-0.05, 0) is 30.7 Å². The summed E-state index contributed by atoms with van der Waals surface area (Å²) in [5.41, 5.74) is -1.48. The lowest BCUT2D eigenvalue weighted by atomic mass is 10.3. The molecule has 23 heavy (non-hydrogen) atoms. The maximum Gasteiger partial charge on any atom is 0.325 e. The Labute approximate surface area is 132 Å². The molecule has 0 unspecified atom stereocenters. The second-order valence-corrected chi connectivity index (χ2v) is 6.42. The fraction of sp³-hybridized carbons (Fsp3) is 0.286. The average molecular weight is 339 g/mol. The topological polar surface area (TPSA) is 121 Å². The molecule has 1 heterocycles. The minimum absolute atomic E-state index is 0.276. The number of benzene rings is 1. The number of sulfonamides is 1. The standard InChI is InChI=1S/C14H17N3O5S/c1-2-3-8-22-11-6-4-10(5-7-11)17-23(20,21)12-9-15-14(19)16-13(12)18/h4-7,9,17H,2-3,8H2,1H3,(H2,15,16,18,19). The van der Waals surface area contributed by atoms with Crippen molar-refractivity contribution in [1.29, 1.82) is 0 Å². The van der Waals surface area contributed by atoms with E-state index in [0.29, 0.717) is 12.4 Å². The second-order valence-electron chi connectivity index (χ2n) is 4.77. The molecule has 8 nitrogen and oxygen atoms in total. The number of aromatic amines is 2. The van der Waals surface area contributed by atoms with Crippen molar-refractivity contribution in [2.75, 3.05) is 11.3 Å². The summed E-state index contributed by atoms with van der Waals surface area (Å²) in [5, 5.41) is 0. The van der Waals surface area contributed by atoms with E-state index < -0.39 is 26.2 Å². The summed E-state index contributed by atoms with van der Waals surface area (Å²) in [4.78, 5) is 25.9. The SMILES string of the molecule is CCCCOc1ccc(NS(=O)(=O)c2c[nH]c(=O)[nH]c2=O)cc1. The first-order valence-electron chi connectivity index (χ1n) is 7.00. The molecule has 3 N–H and O–H groups in total. The highest BCUT2D eigenvalue weighted by molar-refractivity contribution is 7.92. The first-order valence-corrected chi connectivity index (χ1v) is 8.48. The van der Waals surface area contributed by atoms with Crippen LogP contribution >= 0.6 is 0 Å². The molecule has 124 valence electrons. The van der Waals surface area contributed by atoms with Crippen molar-refractivity contribution in [3.63, 3.8) is 0 Å². The maximum absolute atomic E-state index is 12.1. The van der Waals surface area contributed by atoms with Crippen LogP contribution in [-0.2, 0) is 10.0 Å². The smallest absolute Gasteiger partial charge is 0.325 e. The minimum Gasteiger partial charge on any atom is -0.494 e. The molecular weight excluding hydrogens is 322 g/mol. The summed E-state index contributed by atoms with van der Waals surface area (Å²) in [6.07, 6.45) is 2.81. The highest BCUT2D eigenvalue weighted by Crippen LogP contribution is 2.18. The van der Waals surface area contributed by atoms with Crippen molar-refractivity contribution in [3.05, 3.63) is 51.3 Å². The van der Waals surface area contributed by atoms with Gasteiger partial charge < -0.3 is 9.72 Å². The van der Waals surface area contributed by atoms with Crippen molar-refractivity contribution < 1.29 is 13.2 Å². The molecule has 0 spiro atoms. The Morgan fingerprint density at radius 3 is 2.48 bits per heavy atom. The monoisotopic (exact) mass is 339 g/mol. The van der Waals surface area contributed by atoms with E-state index in [4.69, 9.17) is 4.74 Å². The van der Waals surface area contributed by atoms with Crippen LogP contribution in [0.3, 0.4) is 0 Å². The molecule has 0 amide bonds. The van der Waals surface area contributed by atoms with Gasteiger partial charge in [-0.1, -0.05) is 13.3 Å². The van der Waals surface area contributed by atoms with Crippen LogP contribution in [0.25, 0.3) is 0 Å². The van der Waals surface area contributed by atoms with Crippen LogP contribution in [0, 0.1) is 0 Å². The number of H-pyrrole nitrogens is 2. The molecule has 2 aromatic rings. The van der Waals surface area contributed by atoms with E-state index in [0.717, 1.165) is 19.0 Å². The predicted molar refractivity (Wildman–Crippen MR) is 85.3 cm³/mol. The fourth-order valence-corrected chi connectivity index (χ4v) is 2.83. The van der Waals surface area contributed by atoms with E-state index in [-0.39, 0.29) is 5.69 Å². The number of unbranched alkanes of at least 4 members (excludes halogenated alkanes) is 1. The number of hydrogen-bond donors (Lipinski definition) is 3. The molecule has 9 heteroatoms. The zero-order chi connectivity index (χ0) is 16.9. The van der Waals surface area contributed by atoms with Crippen LogP contribution in [0.15, 0.2) is 44.9 Å². The van der Waals surface area contributed by atoms with E-state index >= 15 is 0 Å². The predicted octanol–water partition coefficient (Wildman–Crippen LogP) is 1.04. The molecular formula is C14H17N3O5S. The highest BCUT2D eigenvalue weighted by Gasteiger charge is 2.18. The van der Waals surface area contributed by atoms with Gasteiger partial charge in [0.2, 0.25) is 0 Å². The van der Waals surface area contributed by atoms with Crippen LogP contribution in [0.4, 0.5) is 5.69 Å². The first-order chi connectivity index (χ1) is 10.9. The Bertz CT molecular complexity index is 868. The molecule has 1 aromatic carbocycles. The van der Waals surface area contributed by atoms with Crippen LogP contribution in [0.1, 0.15) is 19.8 Å². The lowest BCUT2D eigenvalue weighted by Crippen LogP contribution is -2.29. The van der Waals surface area contributed by atoms with E-state index in [1.807, 2.05) is 4.98 Å². The Balaban J connectivity index is 2.14. The van der Waals surface area contributed by atoms with Gasteiger partial charge in [0.25, 0.3) is 15.6 Å². The summed E-state index contributed by atoms with van der Waals surface area (Å²) < 4.78 is 32.0. The van der Waals surface area contributed by atoms with E-state index in [1.165, 1.54) is 12.1 Å². The second kappa shape index (κ2) is 7.14. The summed E-state index contributed by atoms with van der Waals surface area (Å²) in [5.74, 6) is 0.628. The number of hydrogen-bond acceptors (Lipinski definition) is 5. The molecule has 0 aliphatic heterocycles. The van der Waals surface area contributed by atoms with Crippen molar-refractivity contribution in [2.24, 2.45) is 0 Å². The quantitative estimate of drug-likeness (QED) is 0.651. The number of ether oxygens (including phenoxy) is 1. The van der Waals surface area contributed by atoms with Gasteiger partial charge in [-0.3, -0.25) is 14.5 Å². The van der Waals surface area contributed by atoms with Gasteiger partial charge in [0, 0.05) is 11.9 Å². The van der Waals surface area contributed by atoms with Gasteiger partial charge >= 0.3 is 5.69 Å². The third-order valence-corrected chi connectivity index (χ3v) is 4.33. The maximum atomic E-state index is 12.1. The summed E-state index contributed by atoms with van der Waals surface area (Å²) in [6, 6.07) is 6.31. The third kappa shape index (κ3) is 4.46. The third-order valence-electron chi connectivity index (χ3n) is 2.95. The molecule has 0 bridgehead atoms. The molecule has 0 atom stereocenters. The minimum atomic E-state index is -4.10. The summed E-state index contributed by atoms with van der Waals surface area (Å²) in [6.45, 7) is 2.65. The zero-order valence-corrected chi connectivity index (χ0v) is 13.3. The Morgan fingerprint density at radius 1 is 1.17 bits per heavy atom. The lowest BCUT2D eigenvalue weighted by Gasteiger charge is -2.09. The van der Waals surface area contributed by atoms with Crippen LogP contribution in [0.5, 0.6) is 5.75 Å². The average Bonchev–Trinajstić information content (AvgIpc) is 2.48. The van der Waals surface area contributed by atoms with Crippen LogP contribution in [-0.4, -0.2) is 25.0 Å². The molecule has 0 aliphatic carbocycles. The summed E-state index contributed by atoms with van der Waals surface area (Å²) in [7, 11) is -4.10. The first kappa shape index (κ1) is 16.8. The largest absolute Gasteiger partial charge is 0.494 e. The number of nitrogens with one attached hydrogen (secondary N) is 3. The van der Waals surface area contributed by atoms with E-state index in [1.54, 1.807) is 12.1 Å². The molecule has 0 fully saturated rings. The molecule has 0 aliphatic rings. The van der Waals surface area contributed by atoms with Gasteiger partial charge in [-0.25, -0.2) is 13.2 Å². The van der Waals surface area contributed by atoms with Gasteiger partial charge in [-0.15, -0.1) is 0 Å². The Hall–Kier alpha value is -2.55. The lowest BCUT2D eigenvalue weighted by molar-refractivity contribution is 0.309. The number of aromatic nitrogens is 2. The van der Waals surface area contributed by atoms with Crippen molar-refractivity contribution in [2.45, 2.75) is 24.7 Å². The summed E-state index contributed by atoms with van der Waals surface area (Å²) >= 11 is 0. The van der Waals surface area contributed by atoms with Gasteiger partial charge in [-0.2, -0.15) is 0 Å². The number of anilines is 1. The Morgan fingerprint density at radius 2 is 1.87 bits per heavy atom. The van der Waals surface area contributed by atoms with E-state index in [9.17, 15) is 18.0 Å². The molecule has 2 rings (SSSR count). The van der Waals surface area contributed by atoms with E-state index in [2.05, 4.69) is 16.6 Å². The van der Waals surface area contributed by atoms with Gasteiger partial charge in [0.1, 0.15) is 5.75 Å². The zero-order valence-electron chi connectivity index (χ0n) is 12.5. The van der Waals surface area contributed by atoms with Crippen molar-refractivity contribution >= 4 is 15.7 Å². The number of rotatable bonds is 7.